The molecule has 0 aromatic carbocycles. The molecule has 0 saturated heterocycles. The quantitative estimate of drug-likeness (QED) is 0.522. The van der Waals surface area contributed by atoms with Crippen molar-refractivity contribution in [2.75, 3.05) is 0 Å². The topological polar surface area (TPSA) is 122 Å². The van der Waals surface area contributed by atoms with Crippen molar-refractivity contribution in [3.05, 3.63) is 0 Å². The zero-order valence-electron chi connectivity index (χ0n) is 9.66. The molecule has 1 fully saturated rings. The highest BCUT2D eigenvalue weighted by Gasteiger charge is 2.34. The lowest BCUT2D eigenvalue weighted by Gasteiger charge is -2.39. The molecule has 0 radical (unpaired) electrons. The molecule has 0 aliphatic heterocycles. The molecule has 1 saturated carbocycles. The van der Waals surface area contributed by atoms with Gasteiger partial charge < -0.3 is 21.5 Å². The standard InChI is InChI=1S/C10H17N3O4/c1-10(3-2-4-10)13-9(17)12-6(8(15)16)5-7(11)14/h6H,2-5H2,1H3,(H2,11,14)(H,15,16)(H2,12,13,17). The Hall–Kier alpha value is -1.79. The first-order valence-electron chi connectivity index (χ1n) is 5.42. The Balaban J connectivity index is 2.46. The van der Waals surface area contributed by atoms with E-state index in [9.17, 15) is 14.4 Å². The molecule has 0 bridgehead atoms. The summed E-state index contributed by atoms with van der Waals surface area (Å²) in [6.45, 7) is 1.89. The summed E-state index contributed by atoms with van der Waals surface area (Å²) in [4.78, 5) is 32.9. The third-order valence-corrected chi connectivity index (χ3v) is 2.88. The van der Waals surface area contributed by atoms with Crippen LogP contribution in [0.25, 0.3) is 0 Å². The molecule has 1 rings (SSSR count). The molecule has 1 aliphatic carbocycles. The van der Waals surface area contributed by atoms with Crippen LogP contribution < -0.4 is 16.4 Å². The molecule has 0 aromatic rings. The van der Waals surface area contributed by atoms with Gasteiger partial charge in [-0.05, 0) is 26.2 Å². The van der Waals surface area contributed by atoms with E-state index in [0.29, 0.717) is 0 Å². The minimum atomic E-state index is -1.28. The van der Waals surface area contributed by atoms with Gasteiger partial charge in [-0.15, -0.1) is 0 Å². The molecule has 5 N–H and O–H groups in total. The van der Waals surface area contributed by atoms with E-state index in [0.717, 1.165) is 19.3 Å². The highest BCUT2D eigenvalue weighted by molar-refractivity contribution is 5.87. The van der Waals surface area contributed by atoms with Gasteiger partial charge in [0.25, 0.3) is 0 Å². The number of hydrogen-bond donors (Lipinski definition) is 4. The van der Waals surface area contributed by atoms with Crippen molar-refractivity contribution in [2.24, 2.45) is 5.73 Å². The van der Waals surface area contributed by atoms with Gasteiger partial charge in [-0.3, -0.25) is 4.79 Å². The van der Waals surface area contributed by atoms with Crippen molar-refractivity contribution in [3.63, 3.8) is 0 Å². The van der Waals surface area contributed by atoms with E-state index in [1.165, 1.54) is 0 Å². The summed E-state index contributed by atoms with van der Waals surface area (Å²) in [6.07, 6.45) is 2.36. The first-order valence-corrected chi connectivity index (χ1v) is 5.42. The molecule has 0 spiro atoms. The summed E-state index contributed by atoms with van der Waals surface area (Å²) in [5.74, 6) is -2.05. The third-order valence-electron chi connectivity index (χ3n) is 2.88. The Labute approximate surface area is 98.7 Å². The maximum atomic E-state index is 11.5. The van der Waals surface area contributed by atoms with Crippen molar-refractivity contribution >= 4 is 17.9 Å². The molecule has 17 heavy (non-hydrogen) atoms. The van der Waals surface area contributed by atoms with E-state index in [4.69, 9.17) is 10.8 Å². The Morgan fingerprint density at radius 2 is 2.00 bits per heavy atom. The molecule has 1 unspecified atom stereocenters. The largest absolute Gasteiger partial charge is 0.480 e. The van der Waals surface area contributed by atoms with Gasteiger partial charge in [-0.1, -0.05) is 0 Å². The Morgan fingerprint density at radius 1 is 1.41 bits per heavy atom. The predicted octanol–water partition coefficient (Wildman–Crippen LogP) is -0.443. The second kappa shape index (κ2) is 5.03. The average molecular weight is 243 g/mol. The van der Waals surface area contributed by atoms with Gasteiger partial charge in [0, 0.05) is 5.54 Å². The number of rotatable bonds is 5. The van der Waals surface area contributed by atoms with E-state index < -0.39 is 30.4 Å². The lowest BCUT2D eigenvalue weighted by molar-refractivity contribution is -0.140. The molecule has 0 heterocycles. The number of nitrogens with one attached hydrogen (secondary N) is 2. The normalized spacial score (nSPS) is 18.6. The van der Waals surface area contributed by atoms with Crippen LogP contribution in [0.4, 0.5) is 4.79 Å². The first kappa shape index (κ1) is 13.3. The highest BCUT2D eigenvalue weighted by Crippen LogP contribution is 2.30. The lowest BCUT2D eigenvalue weighted by atomic mass is 9.79. The van der Waals surface area contributed by atoms with E-state index in [1.54, 1.807) is 0 Å². The molecule has 96 valence electrons. The van der Waals surface area contributed by atoms with Crippen LogP contribution in [-0.2, 0) is 9.59 Å². The number of primary amides is 1. The number of hydrogen-bond acceptors (Lipinski definition) is 3. The SMILES string of the molecule is CC1(NC(=O)NC(CC(N)=O)C(=O)O)CCC1. The van der Waals surface area contributed by atoms with Gasteiger partial charge in [0.05, 0.1) is 6.42 Å². The Bertz CT molecular complexity index is 338. The van der Waals surface area contributed by atoms with Crippen LogP contribution in [0.3, 0.4) is 0 Å². The van der Waals surface area contributed by atoms with Crippen LogP contribution >= 0.6 is 0 Å². The van der Waals surface area contributed by atoms with Crippen molar-refractivity contribution in [1.82, 2.24) is 10.6 Å². The van der Waals surface area contributed by atoms with Gasteiger partial charge in [0.1, 0.15) is 6.04 Å². The second-order valence-corrected chi connectivity index (χ2v) is 4.57. The van der Waals surface area contributed by atoms with Gasteiger partial charge >= 0.3 is 12.0 Å². The number of carboxylic acid groups (broad SMARTS) is 1. The minimum Gasteiger partial charge on any atom is -0.480 e. The first-order chi connectivity index (χ1) is 7.82. The highest BCUT2D eigenvalue weighted by atomic mass is 16.4. The lowest BCUT2D eigenvalue weighted by Crippen LogP contribution is -2.57. The zero-order valence-corrected chi connectivity index (χ0v) is 9.66. The van der Waals surface area contributed by atoms with E-state index >= 15 is 0 Å². The van der Waals surface area contributed by atoms with Gasteiger partial charge in [0.15, 0.2) is 0 Å². The van der Waals surface area contributed by atoms with Crippen LogP contribution in [-0.4, -0.2) is 34.6 Å². The summed E-state index contributed by atoms with van der Waals surface area (Å²) >= 11 is 0. The van der Waals surface area contributed by atoms with Crippen LogP contribution in [0.15, 0.2) is 0 Å². The zero-order chi connectivity index (χ0) is 13.1. The fraction of sp³-hybridized carbons (Fsp3) is 0.700. The molecule has 7 nitrogen and oxygen atoms in total. The summed E-state index contributed by atoms with van der Waals surface area (Å²) in [7, 11) is 0. The fourth-order valence-electron chi connectivity index (χ4n) is 1.70. The number of carboxylic acids is 1. The fourth-order valence-corrected chi connectivity index (χ4v) is 1.70. The van der Waals surface area contributed by atoms with Crippen molar-refractivity contribution in [3.8, 4) is 0 Å². The van der Waals surface area contributed by atoms with E-state index in [-0.39, 0.29) is 5.54 Å². The molecule has 1 aliphatic rings. The maximum Gasteiger partial charge on any atom is 0.326 e. The molecule has 7 heteroatoms. The van der Waals surface area contributed by atoms with Crippen LogP contribution in [0.2, 0.25) is 0 Å². The predicted molar refractivity (Wildman–Crippen MR) is 59.2 cm³/mol. The van der Waals surface area contributed by atoms with Crippen LogP contribution in [0, 0.1) is 0 Å². The number of urea groups is 1. The molecule has 1 atom stereocenters. The summed E-state index contributed by atoms with van der Waals surface area (Å²) in [5, 5.41) is 13.7. The Kier molecular flexibility index (Phi) is 3.93. The van der Waals surface area contributed by atoms with E-state index in [2.05, 4.69) is 10.6 Å². The second-order valence-electron chi connectivity index (χ2n) is 4.57. The van der Waals surface area contributed by atoms with Crippen molar-refractivity contribution in [2.45, 2.75) is 44.2 Å². The van der Waals surface area contributed by atoms with Gasteiger partial charge in [-0.25, -0.2) is 9.59 Å². The number of carbonyl (C=O) groups is 3. The van der Waals surface area contributed by atoms with Crippen molar-refractivity contribution < 1.29 is 19.5 Å². The third kappa shape index (κ3) is 3.93. The van der Waals surface area contributed by atoms with Crippen LogP contribution in [0.1, 0.15) is 32.6 Å². The van der Waals surface area contributed by atoms with Crippen molar-refractivity contribution in [1.29, 1.82) is 0 Å². The summed E-state index contributed by atoms with van der Waals surface area (Å²) < 4.78 is 0. The number of amides is 3. The molecular formula is C10H17N3O4. The molecule has 0 aromatic heterocycles. The van der Waals surface area contributed by atoms with E-state index in [1.807, 2.05) is 6.92 Å². The minimum absolute atomic E-state index is 0.264. The van der Waals surface area contributed by atoms with Crippen LogP contribution in [0.5, 0.6) is 0 Å². The molecular weight excluding hydrogens is 226 g/mol. The number of nitrogens with two attached hydrogens (primary N) is 1. The molecule has 3 amide bonds. The monoisotopic (exact) mass is 243 g/mol. The van der Waals surface area contributed by atoms with Gasteiger partial charge in [0.2, 0.25) is 5.91 Å². The smallest absolute Gasteiger partial charge is 0.326 e. The summed E-state index contributed by atoms with van der Waals surface area (Å²) in [5.41, 5.74) is 4.63. The average Bonchev–Trinajstić information content (AvgIpc) is 2.13. The Morgan fingerprint density at radius 3 is 2.35 bits per heavy atom. The number of carbonyl (C=O) groups excluding carboxylic acids is 2. The number of aliphatic carboxylic acids is 1. The summed E-state index contributed by atoms with van der Waals surface area (Å²) in [6, 6.07) is -1.86. The maximum absolute atomic E-state index is 11.5. The van der Waals surface area contributed by atoms with Gasteiger partial charge in [-0.2, -0.15) is 0 Å².